The van der Waals surface area contributed by atoms with Crippen molar-refractivity contribution in [2.24, 2.45) is 12.8 Å². The van der Waals surface area contributed by atoms with Gasteiger partial charge in [0.25, 0.3) is 0 Å². The Bertz CT molecular complexity index is 262. The van der Waals surface area contributed by atoms with Gasteiger partial charge < -0.3 is 10.3 Å². The monoisotopic (exact) mass is 219 g/mol. The van der Waals surface area contributed by atoms with Crippen LogP contribution in [0.4, 0.5) is 0 Å². The second kappa shape index (κ2) is 5.52. The van der Waals surface area contributed by atoms with Gasteiger partial charge >= 0.3 is 0 Å². The van der Waals surface area contributed by atoms with E-state index in [-0.39, 0.29) is 0 Å². The molecule has 1 rings (SSSR count). The van der Waals surface area contributed by atoms with E-state index in [9.17, 15) is 0 Å². The molecule has 5 heteroatoms. The van der Waals surface area contributed by atoms with Crippen LogP contribution in [-0.2, 0) is 12.8 Å². The molecule has 0 aliphatic rings. The fourth-order valence-electron chi connectivity index (χ4n) is 0.907. The van der Waals surface area contributed by atoms with Crippen molar-refractivity contribution < 1.29 is 0 Å². The summed E-state index contributed by atoms with van der Waals surface area (Å²) in [6.45, 7) is 0.758. The average Bonchev–Trinajstić information content (AvgIpc) is 2.43. The Kier molecular flexibility index (Phi) is 4.62. The Balaban J connectivity index is 2.32. The summed E-state index contributed by atoms with van der Waals surface area (Å²) < 4.78 is 1.90. The maximum atomic E-state index is 5.84. The third-order valence-electron chi connectivity index (χ3n) is 1.75. The molecule has 1 aromatic rings. The van der Waals surface area contributed by atoms with Gasteiger partial charge in [-0.2, -0.15) is 11.8 Å². The van der Waals surface area contributed by atoms with Gasteiger partial charge in [0.2, 0.25) is 0 Å². The molecule has 0 radical (unpaired) electrons. The molecule has 0 unspecified atom stereocenters. The number of hydrogen-bond donors (Lipinski definition) is 1. The van der Waals surface area contributed by atoms with Crippen molar-refractivity contribution in [3.8, 4) is 0 Å². The Morgan fingerprint density at radius 1 is 1.69 bits per heavy atom. The molecule has 0 atom stereocenters. The van der Waals surface area contributed by atoms with Gasteiger partial charge in [-0.3, -0.25) is 0 Å². The molecule has 74 valence electrons. The van der Waals surface area contributed by atoms with E-state index in [2.05, 4.69) is 4.98 Å². The average molecular weight is 220 g/mol. The summed E-state index contributed by atoms with van der Waals surface area (Å²) in [4.78, 5) is 4.19. The van der Waals surface area contributed by atoms with Gasteiger partial charge in [-0.25, -0.2) is 4.98 Å². The van der Waals surface area contributed by atoms with Crippen molar-refractivity contribution in [1.29, 1.82) is 0 Å². The van der Waals surface area contributed by atoms with Crippen molar-refractivity contribution in [3.05, 3.63) is 17.2 Å². The molecular formula is C8H14ClN3S. The predicted molar refractivity (Wildman–Crippen MR) is 58.1 cm³/mol. The van der Waals surface area contributed by atoms with E-state index in [1.807, 2.05) is 23.4 Å². The number of thioether (sulfide) groups is 1. The highest BCUT2D eigenvalue weighted by Crippen LogP contribution is 2.15. The minimum atomic E-state index is 0.689. The van der Waals surface area contributed by atoms with Gasteiger partial charge in [0.05, 0.1) is 11.9 Å². The normalized spacial score (nSPS) is 10.7. The van der Waals surface area contributed by atoms with Crippen LogP contribution in [0, 0.1) is 0 Å². The third-order valence-corrected chi connectivity index (χ3v) is 3.14. The molecule has 0 bridgehead atoms. The van der Waals surface area contributed by atoms with Crippen molar-refractivity contribution in [1.82, 2.24) is 9.55 Å². The first-order valence-corrected chi connectivity index (χ1v) is 5.73. The Hall–Kier alpha value is -0.190. The van der Waals surface area contributed by atoms with E-state index in [4.69, 9.17) is 17.3 Å². The van der Waals surface area contributed by atoms with Gasteiger partial charge in [0.15, 0.2) is 0 Å². The highest BCUT2D eigenvalue weighted by Gasteiger charge is 2.03. The van der Waals surface area contributed by atoms with Gasteiger partial charge in [0.1, 0.15) is 11.0 Å². The first kappa shape index (κ1) is 10.9. The van der Waals surface area contributed by atoms with E-state index >= 15 is 0 Å². The number of nitrogens with zero attached hydrogens (tertiary/aromatic N) is 2. The second-order valence-corrected chi connectivity index (χ2v) is 4.24. The van der Waals surface area contributed by atoms with E-state index in [1.165, 1.54) is 0 Å². The Labute approximate surface area is 87.7 Å². The fourth-order valence-corrected chi connectivity index (χ4v) is 2.02. The molecule has 0 spiro atoms. The lowest BCUT2D eigenvalue weighted by atomic mass is 10.5. The van der Waals surface area contributed by atoms with Crippen molar-refractivity contribution in [2.45, 2.75) is 12.2 Å². The molecule has 1 heterocycles. The van der Waals surface area contributed by atoms with Gasteiger partial charge in [-0.1, -0.05) is 11.6 Å². The predicted octanol–water partition coefficient (Wildman–Crippen LogP) is 1.66. The zero-order chi connectivity index (χ0) is 9.68. The number of aromatic nitrogens is 2. The maximum Gasteiger partial charge on any atom is 0.128 e. The van der Waals surface area contributed by atoms with Crippen LogP contribution in [0.5, 0.6) is 0 Å². The lowest BCUT2D eigenvalue weighted by Gasteiger charge is -2.01. The van der Waals surface area contributed by atoms with Crippen LogP contribution < -0.4 is 5.73 Å². The number of rotatable bonds is 5. The van der Waals surface area contributed by atoms with Crippen LogP contribution in [-0.4, -0.2) is 21.8 Å². The van der Waals surface area contributed by atoms with Crippen LogP contribution in [0.2, 0.25) is 5.15 Å². The Morgan fingerprint density at radius 3 is 3.00 bits per heavy atom. The minimum absolute atomic E-state index is 0.689. The molecule has 0 saturated heterocycles. The zero-order valence-corrected chi connectivity index (χ0v) is 9.24. The van der Waals surface area contributed by atoms with Crippen molar-refractivity contribution >= 4 is 23.4 Å². The molecule has 2 N–H and O–H groups in total. The van der Waals surface area contributed by atoms with Crippen molar-refractivity contribution in [2.75, 3.05) is 12.3 Å². The largest absolute Gasteiger partial charge is 0.330 e. The van der Waals surface area contributed by atoms with Crippen LogP contribution in [0.1, 0.15) is 12.2 Å². The molecule has 1 aromatic heterocycles. The fraction of sp³-hybridized carbons (Fsp3) is 0.625. The SMILES string of the molecule is Cn1c(Cl)cnc1CSCCCN. The topological polar surface area (TPSA) is 43.8 Å². The van der Waals surface area contributed by atoms with Crippen LogP contribution in [0.15, 0.2) is 6.20 Å². The molecule has 0 aromatic carbocycles. The number of hydrogen-bond acceptors (Lipinski definition) is 3. The number of imidazole rings is 1. The molecule has 0 saturated carbocycles. The van der Waals surface area contributed by atoms with E-state index in [1.54, 1.807) is 6.20 Å². The van der Waals surface area contributed by atoms with Gasteiger partial charge in [0, 0.05) is 7.05 Å². The standard InChI is InChI=1S/C8H14ClN3S/c1-12-7(9)5-11-8(12)6-13-4-2-3-10/h5H,2-4,6,10H2,1H3. The van der Waals surface area contributed by atoms with E-state index in [0.29, 0.717) is 5.15 Å². The van der Waals surface area contributed by atoms with Gasteiger partial charge in [-0.05, 0) is 18.7 Å². The van der Waals surface area contributed by atoms with Crippen LogP contribution in [0.25, 0.3) is 0 Å². The first-order valence-electron chi connectivity index (χ1n) is 4.19. The number of halogens is 1. The number of nitrogens with two attached hydrogens (primary N) is 1. The summed E-state index contributed by atoms with van der Waals surface area (Å²) in [5.41, 5.74) is 5.39. The van der Waals surface area contributed by atoms with Gasteiger partial charge in [-0.15, -0.1) is 0 Å². The summed E-state index contributed by atoms with van der Waals surface area (Å²) in [6.07, 6.45) is 2.74. The third kappa shape index (κ3) is 3.21. The smallest absolute Gasteiger partial charge is 0.128 e. The molecule has 0 aliphatic carbocycles. The Morgan fingerprint density at radius 2 is 2.46 bits per heavy atom. The maximum absolute atomic E-state index is 5.84. The molecule has 13 heavy (non-hydrogen) atoms. The highest BCUT2D eigenvalue weighted by molar-refractivity contribution is 7.98. The van der Waals surface area contributed by atoms with Crippen LogP contribution in [0.3, 0.4) is 0 Å². The van der Waals surface area contributed by atoms with Crippen LogP contribution >= 0.6 is 23.4 Å². The van der Waals surface area contributed by atoms with E-state index in [0.717, 1.165) is 30.3 Å². The summed E-state index contributed by atoms with van der Waals surface area (Å²) >= 11 is 7.68. The molecular weight excluding hydrogens is 206 g/mol. The molecule has 0 aliphatic heterocycles. The van der Waals surface area contributed by atoms with E-state index < -0.39 is 0 Å². The summed E-state index contributed by atoms with van der Waals surface area (Å²) in [7, 11) is 1.92. The quantitative estimate of drug-likeness (QED) is 0.767. The molecule has 0 amide bonds. The second-order valence-electron chi connectivity index (χ2n) is 2.75. The minimum Gasteiger partial charge on any atom is -0.330 e. The molecule has 3 nitrogen and oxygen atoms in total. The zero-order valence-electron chi connectivity index (χ0n) is 7.66. The lowest BCUT2D eigenvalue weighted by Crippen LogP contribution is -2.01. The lowest BCUT2D eigenvalue weighted by molar-refractivity contribution is 0.848. The first-order chi connectivity index (χ1) is 6.25. The summed E-state index contributed by atoms with van der Waals surface area (Å²) in [5.74, 6) is 3.01. The van der Waals surface area contributed by atoms with Crippen molar-refractivity contribution in [3.63, 3.8) is 0 Å². The summed E-state index contributed by atoms with van der Waals surface area (Å²) in [5, 5.41) is 0.689. The molecule has 0 fully saturated rings. The summed E-state index contributed by atoms with van der Waals surface area (Å²) in [6, 6.07) is 0. The highest BCUT2D eigenvalue weighted by atomic mass is 35.5.